The summed E-state index contributed by atoms with van der Waals surface area (Å²) >= 11 is 1.74. The Bertz CT molecular complexity index is 720. The molecule has 2 atom stereocenters. The van der Waals surface area contributed by atoms with E-state index in [0.29, 0.717) is 11.7 Å². The molecule has 2 aromatic rings. The molecule has 24 heavy (non-hydrogen) atoms. The fraction of sp³-hybridized carbons (Fsp3) is 0.500. The van der Waals surface area contributed by atoms with Crippen LogP contribution in [0.4, 0.5) is 11.5 Å². The van der Waals surface area contributed by atoms with Gasteiger partial charge in [0.1, 0.15) is 0 Å². The fourth-order valence-corrected chi connectivity index (χ4v) is 3.96. The van der Waals surface area contributed by atoms with Gasteiger partial charge in [0.2, 0.25) is 5.82 Å². The summed E-state index contributed by atoms with van der Waals surface area (Å²) in [5, 5.41) is 15.5. The van der Waals surface area contributed by atoms with Crippen LogP contribution in [-0.2, 0) is 6.54 Å². The second-order valence-corrected chi connectivity index (χ2v) is 7.55. The number of pyridine rings is 1. The summed E-state index contributed by atoms with van der Waals surface area (Å²) in [7, 11) is 0. The first-order valence-corrected chi connectivity index (χ1v) is 8.84. The van der Waals surface area contributed by atoms with Crippen LogP contribution in [0.3, 0.4) is 0 Å². The van der Waals surface area contributed by atoms with Crippen molar-refractivity contribution in [1.82, 2.24) is 14.9 Å². The molecule has 0 bridgehead atoms. The van der Waals surface area contributed by atoms with E-state index in [2.05, 4.69) is 27.1 Å². The Morgan fingerprint density at radius 2 is 2.33 bits per heavy atom. The number of nitrogens with zero attached hydrogens (tertiary/aromatic N) is 4. The molecule has 1 N–H and O–H groups in total. The van der Waals surface area contributed by atoms with Crippen molar-refractivity contribution in [3.63, 3.8) is 0 Å². The van der Waals surface area contributed by atoms with Gasteiger partial charge in [-0.15, -0.1) is 11.3 Å². The van der Waals surface area contributed by atoms with E-state index in [0.717, 1.165) is 31.1 Å². The minimum atomic E-state index is -0.388. The van der Waals surface area contributed by atoms with Gasteiger partial charge in [-0.1, -0.05) is 6.92 Å². The molecule has 1 saturated heterocycles. The normalized spacial score (nSPS) is 21.6. The monoisotopic (exact) mass is 347 g/mol. The first-order chi connectivity index (χ1) is 11.5. The molecule has 8 heteroatoms. The van der Waals surface area contributed by atoms with Crippen molar-refractivity contribution in [3.8, 4) is 0 Å². The number of nitro groups is 1. The lowest BCUT2D eigenvalue weighted by atomic mass is 9.93. The van der Waals surface area contributed by atoms with Gasteiger partial charge in [-0.25, -0.2) is 9.97 Å². The molecule has 2 aromatic heterocycles. The van der Waals surface area contributed by atoms with Crippen LogP contribution in [0.5, 0.6) is 0 Å². The molecule has 0 saturated carbocycles. The van der Waals surface area contributed by atoms with Gasteiger partial charge in [0.15, 0.2) is 0 Å². The van der Waals surface area contributed by atoms with E-state index in [-0.39, 0.29) is 16.7 Å². The summed E-state index contributed by atoms with van der Waals surface area (Å²) in [6.45, 7) is 7.03. The third-order valence-electron chi connectivity index (χ3n) is 4.34. The number of anilines is 1. The van der Waals surface area contributed by atoms with E-state index in [1.807, 2.05) is 13.1 Å². The second-order valence-electron chi connectivity index (χ2n) is 6.23. The van der Waals surface area contributed by atoms with Gasteiger partial charge in [0.25, 0.3) is 0 Å². The largest absolute Gasteiger partial charge is 0.361 e. The van der Waals surface area contributed by atoms with Gasteiger partial charge in [-0.3, -0.25) is 15.0 Å². The minimum Gasteiger partial charge on any atom is -0.361 e. The van der Waals surface area contributed by atoms with Crippen LogP contribution < -0.4 is 5.32 Å². The Hall–Kier alpha value is -2.06. The Kier molecular flexibility index (Phi) is 5.06. The maximum absolute atomic E-state index is 11.1. The molecule has 3 heterocycles. The van der Waals surface area contributed by atoms with Gasteiger partial charge in [-0.05, 0) is 25.3 Å². The van der Waals surface area contributed by atoms with E-state index in [1.54, 1.807) is 23.6 Å². The van der Waals surface area contributed by atoms with E-state index >= 15 is 0 Å². The van der Waals surface area contributed by atoms with Crippen LogP contribution in [0, 0.1) is 23.0 Å². The van der Waals surface area contributed by atoms with Crippen LogP contribution in [-0.4, -0.2) is 38.9 Å². The van der Waals surface area contributed by atoms with Crippen LogP contribution in [0.2, 0.25) is 0 Å². The molecule has 128 valence electrons. The van der Waals surface area contributed by atoms with Gasteiger partial charge in [0, 0.05) is 49.0 Å². The third kappa shape index (κ3) is 3.88. The van der Waals surface area contributed by atoms with Crippen molar-refractivity contribution < 1.29 is 4.92 Å². The Balaban J connectivity index is 1.61. The minimum absolute atomic E-state index is 0.0345. The molecule has 0 amide bonds. The van der Waals surface area contributed by atoms with E-state index < -0.39 is 0 Å². The van der Waals surface area contributed by atoms with E-state index in [1.165, 1.54) is 10.9 Å². The zero-order valence-corrected chi connectivity index (χ0v) is 14.6. The number of nitrogens with one attached hydrogen (secondary N) is 1. The smallest absolute Gasteiger partial charge is 0.311 e. The maximum atomic E-state index is 11.1. The molecule has 0 aromatic carbocycles. The highest BCUT2D eigenvalue weighted by atomic mass is 32.1. The molecule has 3 rings (SSSR count). The number of thiazole rings is 1. The molecular formula is C16H21N5O2S. The van der Waals surface area contributed by atoms with Crippen molar-refractivity contribution in [3.05, 3.63) is 44.5 Å². The summed E-state index contributed by atoms with van der Waals surface area (Å²) in [4.78, 5) is 22.9. The lowest BCUT2D eigenvalue weighted by Gasteiger charge is -2.37. The molecule has 1 aliphatic rings. The van der Waals surface area contributed by atoms with Gasteiger partial charge in [-0.2, -0.15) is 0 Å². The van der Waals surface area contributed by atoms with E-state index in [9.17, 15) is 10.1 Å². The first kappa shape index (κ1) is 16.8. The Morgan fingerprint density at radius 3 is 3.00 bits per heavy atom. The topological polar surface area (TPSA) is 84.2 Å². The lowest BCUT2D eigenvalue weighted by molar-refractivity contribution is -0.384. The van der Waals surface area contributed by atoms with Gasteiger partial charge >= 0.3 is 5.69 Å². The highest BCUT2D eigenvalue weighted by molar-refractivity contribution is 7.11. The average molecular weight is 347 g/mol. The maximum Gasteiger partial charge on any atom is 0.311 e. The van der Waals surface area contributed by atoms with Crippen molar-refractivity contribution in [2.24, 2.45) is 5.92 Å². The molecule has 1 aliphatic heterocycles. The summed E-state index contributed by atoms with van der Waals surface area (Å²) in [5.41, 5.74) is 0.0345. The molecule has 2 unspecified atom stereocenters. The van der Waals surface area contributed by atoms with Crippen LogP contribution in [0.1, 0.15) is 23.2 Å². The predicted octanol–water partition coefficient (Wildman–Crippen LogP) is 3.08. The highest BCUT2D eigenvalue weighted by Gasteiger charge is 2.28. The molecule has 7 nitrogen and oxygen atoms in total. The Morgan fingerprint density at radius 1 is 1.50 bits per heavy atom. The van der Waals surface area contributed by atoms with Crippen LogP contribution in [0.15, 0.2) is 24.5 Å². The van der Waals surface area contributed by atoms with E-state index in [4.69, 9.17) is 0 Å². The Labute approximate surface area is 144 Å². The SMILES string of the molecule is Cc1ncc(CN2CCC(Nc3ncccc3[N+](=O)[O-])C(C)C2)s1. The van der Waals surface area contributed by atoms with Gasteiger partial charge < -0.3 is 5.32 Å². The quantitative estimate of drug-likeness (QED) is 0.661. The van der Waals surface area contributed by atoms with Crippen molar-refractivity contribution in [1.29, 1.82) is 0 Å². The highest BCUT2D eigenvalue weighted by Crippen LogP contribution is 2.27. The standard InChI is InChI=1S/C16H21N5O2S/c1-11-9-20(10-13-8-18-12(2)24-13)7-5-14(11)19-16-15(21(22)23)4-3-6-17-16/h3-4,6,8,11,14H,5,7,9-10H2,1-2H3,(H,17,19). The molecule has 0 aliphatic carbocycles. The number of hydrogen-bond donors (Lipinski definition) is 1. The van der Waals surface area contributed by atoms with Gasteiger partial charge in [0.05, 0.1) is 9.93 Å². The summed E-state index contributed by atoms with van der Waals surface area (Å²) in [5.74, 6) is 0.750. The number of aromatic nitrogens is 2. The third-order valence-corrected chi connectivity index (χ3v) is 5.24. The van der Waals surface area contributed by atoms with Crippen LogP contribution >= 0.6 is 11.3 Å². The number of hydrogen-bond acceptors (Lipinski definition) is 7. The lowest BCUT2D eigenvalue weighted by Crippen LogP contribution is -2.44. The predicted molar refractivity (Wildman–Crippen MR) is 94.2 cm³/mol. The van der Waals surface area contributed by atoms with Crippen LogP contribution in [0.25, 0.3) is 0 Å². The van der Waals surface area contributed by atoms with Crippen molar-refractivity contribution >= 4 is 22.8 Å². The molecule has 0 spiro atoms. The average Bonchev–Trinajstić information content (AvgIpc) is 2.95. The number of aryl methyl sites for hydroxylation is 1. The first-order valence-electron chi connectivity index (χ1n) is 8.02. The number of likely N-dealkylation sites (tertiary alicyclic amines) is 1. The molecular weight excluding hydrogens is 326 g/mol. The fourth-order valence-electron chi connectivity index (χ4n) is 3.12. The summed E-state index contributed by atoms with van der Waals surface area (Å²) < 4.78 is 0. The summed E-state index contributed by atoms with van der Waals surface area (Å²) in [6, 6.07) is 3.27. The zero-order chi connectivity index (χ0) is 17.1. The second kappa shape index (κ2) is 7.23. The van der Waals surface area contributed by atoms with Crippen molar-refractivity contribution in [2.75, 3.05) is 18.4 Å². The molecule has 1 fully saturated rings. The number of rotatable bonds is 5. The summed E-state index contributed by atoms with van der Waals surface area (Å²) in [6.07, 6.45) is 4.47. The molecule has 0 radical (unpaired) electrons. The number of piperidine rings is 1. The van der Waals surface area contributed by atoms with Crippen molar-refractivity contribution in [2.45, 2.75) is 32.9 Å². The zero-order valence-electron chi connectivity index (χ0n) is 13.8.